The number of rotatable bonds is 4. The van der Waals surface area contributed by atoms with Crippen molar-refractivity contribution < 1.29 is 14.7 Å². The number of thiophene rings is 1. The molecule has 16 heavy (non-hydrogen) atoms. The number of carbonyl (C=O) groups excluding carboxylic acids is 1. The van der Waals surface area contributed by atoms with Crippen LogP contribution in [-0.2, 0) is 4.79 Å². The van der Waals surface area contributed by atoms with Crippen molar-refractivity contribution in [2.45, 2.75) is 26.3 Å². The van der Waals surface area contributed by atoms with E-state index in [-0.39, 0.29) is 11.8 Å². The minimum absolute atomic E-state index is 0.187. The largest absolute Gasteiger partial charge is 0.480 e. The third-order valence-electron chi connectivity index (χ3n) is 2.76. The van der Waals surface area contributed by atoms with Gasteiger partial charge in [0, 0.05) is 5.38 Å². The molecule has 0 unspecified atom stereocenters. The molecule has 0 bridgehead atoms. The Morgan fingerprint density at radius 1 is 1.50 bits per heavy atom. The van der Waals surface area contributed by atoms with Crippen LogP contribution in [0.4, 0.5) is 0 Å². The van der Waals surface area contributed by atoms with Crippen molar-refractivity contribution in [1.82, 2.24) is 5.32 Å². The molecule has 1 aromatic heterocycles. The molecule has 0 saturated heterocycles. The Hall–Kier alpha value is -1.36. The van der Waals surface area contributed by atoms with E-state index in [0.29, 0.717) is 5.56 Å². The van der Waals surface area contributed by atoms with Crippen LogP contribution in [0.2, 0.25) is 0 Å². The molecule has 0 spiro atoms. The summed E-state index contributed by atoms with van der Waals surface area (Å²) in [6.07, 6.45) is 0. The third kappa shape index (κ3) is 2.41. The molecular weight excluding hydrogens is 226 g/mol. The van der Waals surface area contributed by atoms with E-state index < -0.39 is 11.5 Å². The molecule has 88 valence electrons. The molecule has 1 atom stereocenters. The summed E-state index contributed by atoms with van der Waals surface area (Å²) in [5.41, 5.74) is -0.739. The number of amides is 1. The second-order valence-corrected chi connectivity index (χ2v) is 4.91. The lowest BCUT2D eigenvalue weighted by molar-refractivity contribution is -0.145. The lowest BCUT2D eigenvalue weighted by Gasteiger charge is -2.30. The van der Waals surface area contributed by atoms with Crippen molar-refractivity contribution in [2.75, 3.05) is 0 Å². The number of carboxylic acid groups (broad SMARTS) is 1. The molecule has 0 aromatic carbocycles. The molecule has 1 aromatic rings. The van der Waals surface area contributed by atoms with Gasteiger partial charge in [0.2, 0.25) is 0 Å². The van der Waals surface area contributed by atoms with E-state index in [1.54, 1.807) is 30.7 Å². The molecule has 1 heterocycles. The Kier molecular flexibility index (Phi) is 3.70. The predicted octanol–water partition coefficient (Wildman–Crippen LogP) is 1.98. The Balaban J connectivity index is 2.86. The number of carbonyl (C=O) groups is 2. The van der Waals surface area contributed by atoms with Crippen LogP contribution in [0.25, 0.3) is 0 Å². The number of aliphatic carboxylic acids is 1. The Labute approximate surface area is 98.3 Å². The van der Waals surface area contributed by atoms with Crippen LogP contribution in [0.5, 0.6) is 0 Å². The molecule has 0 fully saturated rings. The van der Waals surface area contributed by atoms with E-state index in [1.807, 2.05) is 0 Å². The van der Waals surface area contributed by atoms with Crippen LogP contribution in [0.1, 0.15) is 31.1 Å². The number of nitrogens with one attached hydrogen (secondary N) is 1. The Bertz CT molecular complexity index is 386. The topological polar surface area (TPSA) is 66.4 Å². The third-order valence-corrected chi connectivity index (χ3v) is 3.44. The number of hydrogen-bond donors (Lipinski definition) is 2. The molecule has 0 aliphatic heterocycles. The SMILES string of the molecule is CC(C)[C@@](C)(NC(=O)c1ccsc1)C(=O)O. The summed E-state index contributed by atoms with van der Waals surface area (Å²) in [6, 6.07) is 1.67. The van der Waals surface area contributed by atoms with Crippen LogP contribution in [0.3, 0.4) is 0 Å². The average Bonchev–Trinajstić information content (AvgIpc) is 2.69. The monoisotopic (exact) mass is 241 g/mol. The first-order chi connectivity index (χ1) is 7.38. The van der Waals surface area contributed by atoms with Crippen molar-refractivity contribution in [2.24, 2.45) is 5.92 Å². The van der Waals surface area contributed by atoms with Gasteiger partial charge in [-0.2, -0.15) is 11.3 Å². The molecule has 0 saturated carbocycles. The van der Waals surface area contributed by atoms with E-state index in [2.05, 4.69) is 5.32 Å². The molecule has 1 amide bonds. The molecule has 2 N–H and O–H groups in total. The van der Waals surface area contributed by atoms with E-state index in [9.17, 15) is 9.59 Å². The van der Waals surface area contributed by atoms with Crippen LogP contribution in [-0.4, -0.2) is 22.5 Å². The van der Waals surface area contributed by atoms with Gasteiger partial charge >= 0.3 is 5.97 Å². The maximum absolute atomic E-state index is 11.8. The van der Waals surface area contributed by atoms with E-state index in [1.165, 1.54) is 18.3 Å². The first kappa shape index (κ1) is 12.7. The van der Waals surface area contributed by atoms with Crippen LogP contribution in [0, 0.1) is 5.92 Å². The summed E-state index contributed by atoms with van der Waals surface area (Å²) in [5, 5.41) is 15.2. The highest BCUT2D eigenvalue weighted by Crippen LogP contribution is 2.18. The summed E-state index contributed by atoms with van der Waals surface area (Å²) in [6.45, 7) is 5.05. The van der Waals surface area contributed by atoms with Gasteiger partial charge in [-0.05, 0) is 24.3 Å². The molecule has 0 radical (unpaired) electrons. The van der Waals surface area contributed by atoms with E-state index in [4.69, 9.17) is 5.11 Å². The lowest BCUT2D eigenvalue weighted by atomic mass is 9.88. The second-order valence-electron chi connectivity index (χ2n) is 4.13. The zero-order valence-electron chi connectivity index (χ0n) is 9.48. The fraction of sp³-hybridized carbons (Fsp3) is 0.455. The molecule has 4 nitrogen and oxygen atoms in total. The molecule has 5 heteroatoms. The van der Waals surface area contributed by atoms with E-state index in [0.717, 1.165) is 0 Å². The summed E-state index contributed by atoms with van der Waals surface area (Å²) >= 11 is 1.40. The van der Waals surface area contributed by atoms with Gasteiger partial charge in [-0.3, -0.25) is 4.79 Å². The Morgan fingerprint density at radius 3 is 2.50 bits per heavy atom. The minimum atomic E-state index is -1.24. The molecular formula is C11H15NO3S. The molecule has 1 rings (SSSR count). The van der Waals surface area contributed by atoms with Crippen LogP contribution in [0.15, 0.2) is 16.8 Å². The highest BCUT2D eigenvalue weighted by atomic mass is 32.1. The van der Waals surface area contributed by atoms with Gasteiger partial charge in [-0.15, -0.1) is 0 Å². The molecule has 0 aliphatic carbocycles. The van der Waals surface area contributed by atoms with Gasteiger partial charge in [0.15, 0.2) is 0 Å². The first-order valence-electron chi connectivity index (χ1n) is 4.96. The predicted molar refractivity (Wildman–Crippen MR) is 62.7 cm³/mol. The number of hydrogen-bond acceptors (Lipinski definition) is 3. The summed E-state index contributed by atoms with van der Waals surface area (Å²) < 4.78 is 0. The zero-order valence-corrected chi connectivity index (χ0v) is 10.3. The van der Waals surface area contributed by atoms with Crippen molar-refractivity contribution in [3.63, 3.8) is 0 Å². The fourth-order valence-corrected chi connectivity index (χ4v) is 1.78. The minimum Gasteiger partial charge on any atom is -0.480 e. The first-order valence-corrected chi connectivity index (χ1v) is 5.90. The molecule has 0 aliphatic rings. The van der Waals surface area contributed by atoms with Crippen molar-refractivity contribution in [1.29, 1.82) is 0 Å². The second kappa shape index (κ2) is 4.65. The Morgan fingerprint density at radius 2 is 2.12 bits per heavy atom. The van der Waals surface area contributed by atoms with Gasteiger partial charge in [0.1, 0.15) is 5.54 Å². The normalized spacial score (nSPS) is 14.5. The van der Waals surface area contributed by atoms with Gasteiger partial charge < -0.3 is 10.4 Å². The van der Waals surface area contributed by atoms with Crippen LogP contribution >= 0.6 is 11.3 Å². The van der Waals surface area contributed by atoms with E-state index >= 15 is 0 Å². The fourth-order valence-electron chi connectivity index (χ4n) is 1.15. The maximum atomic E-state index is 11.8. The maximum Gasteiger partial charge on any atom is 0.329 e. The van der Waals surface area contributed by atoms with Gasteiger partial charge in [-0.1, -0.05) is 13.8 Å². The summed E-state index contributed by atoms with van der Waals surface area (Å²) in [5.74, 6) is -1.56. The summed E-state index contributed by atoms with van der Waals surface area (Å²) in [4.78, 5) is 22.9. The smallest absolute Gasteiger partial charge is 0.329 e. The highest BCUT2D eigenvalue weighted by molar-refractivity contribution is 7.08. The lowest BCUT2D eigenvalue weighted by Crippen LogP contribution is -2.55. The highest BCUT2D eigenvalue weighted by Gasteiger charge is 2.38. The van der Waals surface area contributed by atoms with Crippen molar-refractivity contribution in [3.05, 3.63) is 22.4 Å². The number of carboxylic acids is 1. The average molecular weight is 241 g/mol. The standard InChI is InChI=1S/C11H15NO3S/c1-7(2)11(3,10(14)15)12-9(13)8-4-5-16-6-8/h4-7H,1-3H3,(H,12,13)(H,14,15)/t11-/m1/s1. The quantitative estimate of drug-likeness (QED) is 0.847. The van der Waals surface area contributed by atoms with Gasteiger partial charge in [0.25, 0.3) is 5.91 Å². The van der Waals surface area contributed by atoms with Crippen LogP contribution < -0.4 is 5.32 Å². The van der Waals surface area contributed by atoms with Gasteiger partial charge in [-0.25, -0.2) is 4.79 Å². The summed E-state index contributed by atoms with van der Waals surface area (Å²) in [7, 11) is 0. The van der Waals surface area contributed by atoms with Gasteiger partial charge in [0.05, 0.1) is 5.56 Å². The zero-order chi connectivity index (χ0) is 12.3. The van der Waals surface area contributed by atoms with Crippen molar-refractivity contribution >= 4 is 23.2 Å². The van der Waals surface area contributed by atoms with Crippen molar-refractivity contribution in [3.8, 4) is 0 Å².